The molecule has 0 unspecified atom stereocenters. The van der Waals surface area contributed by atoms with Crippen LogP contribution in [0.4, 0.5) is 0 Å². The Kier molecular flexibility index (Phi) is 2.19. The lowest BCUT2D eigenvalue weighted by molar-refractivity contribution is 0.561. The molecule has 6 heteroatoms. The molecule has 1 aliphatic carbocycles. The van der Waals surface area contributed by atoms with E-state index >= 15 is 0 Å². The molecule has 1 aliphatic rings. The van der Waals surface area contributed by atoms with E-state index < -0.39 is 0 Å². The smallest absolute Gasteiger partial charge is 0.171 e. The standard InChI is InChI=1S/C10H14N6/c1-2-9-11-5-6-15(9)7-10-12-13-14-16(10)8-3-4-8/h5-6,8H,2-4,7H2,1H3. The second-order valence-corrected chi connectivity index (χ2v) is 4.10. The van der Waals surface area contributed by atoms with Gasteiger partial charge in [-0.1, -0.05) is 6.92 Å². The van der Waals surface area contributed by atoms with Crippen LogP contribution in [0.15, 0.2) is 12.4 Å². The van der Waals surface area contributed by atoms with Crippen LogP contribution in [0.3, 0.4) is 0 Å². The van der Waals surface area contributed by atoms with Crippen molar-refractivity contribution in [3.05, 3.63) is 24.0 Å². The number of imidazole rings is 1. The van der Waals surface area contributed by atoms with Gasteiger partial charge < -0.3 is 4.57 Å². The molecule has 84 valence electrons. The molecule has 2 aromatic rings. The third kappa shape index (κ3) is 1.60. The molecule has 3 rings (SSSR count). The molecule has 2 aromatic heterocycles. The van der Waals surface area contributed by atoms with E-state index in [9.17, 15) is 0 Å². The van der Waals surface area contributed by atoms with Gasteiger partial charge in [-0.05, 0) is 23.3 Å². The van der Waals surface area contributed by atoms with Gasteiger partial charge in [0.15, 0.2) is 5.82 Å². The first-order valence-electron chi connectivity index (χ1n) is 5.65. The van der Waals surface area contributed by atoms with Crippen LogP contribution in [0.25, 0.3) is 0 Å². The summed E-state index contributed by atoms with van der Waals surface area (Å²) in [6, 6.07) is 0.526. The summed E-state index contributed by atoms with van der Waals surface area (Å²) in [5.41, 5.74) is 0. The Morgan fingerprint density at radius 3 is 3.00 bits per heavy atom. The molecule has 0 N–H and O–H groups in total. The SMILES string of the molecule is CCc1nccn1Cc1nnnn1C1CC1. The van der Waals surface area contributed by atoms with Crippen molar-refractivity contribution in [3.63, 3.8) is 0 Å². The van der Waals surface area contributed by atoms with Crippen LogP contribution >= 0.6 is 0 Å². The maximum absolute atomic E-state index is 4.29. The normalized spacial score (nSPS) is 15.6. The molecule has 2 heterocycles. The van der Waals surface area contributed by atoms with Gasteiger partial charge in [-0.15, -0.1) is 5.10 Å². The zero-order chi connectivity index (χ0) is 11.0. The van der Waals surface area contributed by atoms with Crippen LogP contribution in [0, 0.1) is 0 Å². The summed E-state index contributed by atoms with van der Waals surface area (Å²) in [6.07, 6.45) is 7.12. The molecule has 0 atom stereocenters. The van der Waals surface area contributed by atoms with E-state index in [0.717, 1.165) is 18.1 Å². The minimum absolute atomic E-state index is 0.526. The third-order valence-corrected chi connectivity index (χ3v) is 2.88. The lowest BCUT2D eigenvalue weighted by Crippen LogP contribution is -2.10. The molecule has 0 spiro atoms. The van der Waals surface area contributed by atoms with Gasteiger partial charge in [-0.2, -0.15) is 0 Å². The summed E-state index contributed by atoms with van der Waals surface area (Å²) in [5, 5.41) is 11.9. The predicted octanol–water partition coefficient (Wildman–Crippen LogP) is 0.815. The number of rotatable bonds is 4. The molecule has 0 radical (unpaired) electrons. The quantitative estimate of drug-likeness (QED) is 0.762. The summed E-state index contributed by atoms with van der Waals surface area (Å²) >= 11 is 0. The van der Waals surface area contributed by atoms with Gasteiger partial charge >= 0.3 is 0 Å². The van der Waals surface area contributed by atoms with Crippen molar-refractivity contribution in [1.29, 1.82) is 0 Å². The maximum atomic E-state index is 4.29. The molecule has 6 nitrogen and oxygen atoms in total. The van der Waals surface area contributed by atoms with Crippen molar-refractivity contribution < 1.29 is 0 Å². The minimum atomic E-state index is 0.526. The largest absolute Gasteiger partial charge is 0.327 e. The average Bonchev–Trinajstić information content (AvgIpc) is 2.88. The van der Waals surface area contributed by atoms with Gasteiger partial charge in [0.2, 0.25) is 0 Å². The molecule has 0 bridgehead atoms. The van der Waals surface area contributed by atoms with Crippen LogP contribution in [0.1, 0.15) is 37.5 Å². The van der Waals surface area contributed by atoms with E-state index in [1.165, 1.54) is 12.8 Å². The van der Waals surface area contributed by atoms with Crippen molar-refractivity contribution in [2.24, 2.45) is 0 Å². The molecule has 1 fully saturated rings. The van der Waals surface area contributed by atoms with E-state index in [2.05, 4.69) is 32.0 Å². The lowest BCUT2D eigenvalue weighted by atomic mass is 10.4. The average molecular weight is 218 g/mol. The molecule has 0 saturated heterocycles. The van der Waals surface area contributed by atoms with Gasteiger partial charge in [0, 0.05) is 18.8 Å². The highest BCUT2D eigenvalue weighted by Gasteiger charge is 2.27. The number of aryl methyl sites for hydroxylation is 1. The van der Waals surface area contributed by atoms with Gasteiger partial charge in [-0.3, -0.25) is 0 Å². The fourth-order valence-electron chi connectivity index (χ4n) is 1.87. The molecule has 0 aliphatic heterocycles. The second kappa shape index (κ2) is 3.70. The van der Waals surface area contributed by atoms with Gasteiger partial charge in [0.1, 0.15) is 5.82 Å². The van der Waals surface area contributed by atoms with Crippen molar-refractivity contribution >= 4 is 0 Å². The first-order valence-corrected chi connectivity index (χ1v) is 5.65. The van der Waals surface area contributed by atoms with Crippen molar-refractivity contribution in [1.82, 2.24) is 29.8 Å². The Labute approximate surface area is 93.3 Å². The van der Waals surface area contributed by atoms with E-state index in [-0.39, 0.29) is 0 Å². The Balaban J connectivity index is 1.85. The summed E-state index contributed by atoms with van der Waals surface area (Å²) in [4.78, 5) is 4.29. The Morgan fingerprint density at radius 1 is 1.38 bits per heavy atom. The van der Waals surface area contributed by atoms with Crippen LogP contribution in [-0.2, 0) is 13.0 Å². The first-order chi connectivity index (χ1) is 7.88. The highest BCUT2D eigenvalue weighted by atomic mass is 15.6. The summed E-state index contributed by atoms with van der Waals surface area (Å²) in [6.45, 7) is 2.81. The summed E-state index contributed by atoms with van der Waals surface area (Å²) in [7, 11) is 0. The number of hydrogen-bond donors (Lipinski definition) is 0. The highest BCUT2D eigenvalue weighted by Crippen LogP contribution is 2.34. The zero-order valence-electron chi connectivity index (χ0n) is 9.24. The number of nitrogens with zero attached hydrogens (tertiary/aromatic N) is 6. The Morgan fingerprint density at radius 2 is 2.25 bits per heavy atom. The Bertz CT molecular complexity index is 481. The van der Waals surface area contributed by atoms with Crippen LogP contribution in [-0.4, -0.2) is 29.8 Å². The Hall–Kier alpha value is -1.72. The van der Waals surface area contributed by atoms with Crippen molar-refractivity contribution in [2.45, 2.75) is 38.8 Å². The van der Waals surface area contributed by atoms with E-state index in [1.54, 1.807) is 0 Å². The van der Waals surface area contributed by atoms with Gasteiger partial charge in [0.25, 0.3) is 0 Å². The van der Waals surface area contributed by atoms with Crippen LogP contribution < -0.4 is 0 Å². The maximum Gasteiger partial charge on any atom is 0.171 e. The van der Waals surface area contributed by atoms with Crippen molar-refractivity contribution in [3.8, 4) is 0 Å². The lowest BCUT2D eigenvalue weighted by Gasteiger charge is -2.06. The molecule has 16 heavy (non-hydrogen) atoms. The van der Waals surface area contributed by atoms with Crippen molar-refractivity contribution in [2.75, 3.05) is 0 Å². The number of hydrogen-bond acceptors (Lipinski definition) is 4. The van der Waals surface area contributed by atoms with E-state index in [0.29, 0.717) is 12.6 Å². The van der Waals surface area contributed by atoms with Gasteiger partial charge in [-0.25, -0.2) is 9.67 Å². The monoisotopic (exact) mass is 218 g/mol. The molecular formula is C10H14N6. The molecule has 1 saturated carbocycles. The van der Waals surface area contributed by atoms with Crippen LogP contribution in [0.2, 0.25) is 0 Å². The van der Waals surface area contributed by atoms with Gasteiger partial charge in [0.05, 0.1) is 12.6 Å². The molecule has 0 aromatic carbocycles. The molecule has 0 amide bonds. The fourth-order valence-corrected chi connectivity index (χ4v) is 1.87. The number of tetrazole rings is 1. The summed E-state index contributed by atoms with van der Waals surface area (Å²) < 4.78 is 4.05. The summed E-state index contributed by atoms with van der Waals surface area (Å²) in [5.74, 6) is 2.00. The zero-order valence-corrected chi connectivity index (χ0v) is 9.24. The topological polar surface area (TPSA) is 61.4 Å². The van der Waals surface area contributed by atoms with E-state index in [1.807, 2.05) is 17.1 Å². The number of aromatic nitrogens is 6. The van der Waals surface area contributed by atoms with Crippen LogP contribution in [0.5, 0.6) is 0 Å². The first kappa shape index (κ1) is 9.50. The fraction of sp³-hybridized carbons (Fsp3) is 0.600. The van der Waals surface area contributed by atoms with E-state index in [4.69, 9.17) is 0 Å². The third-order valence-electron chi connectivity index (χ3n) is 2.88. The minimum Gasteiger partial charge on any atom is -0.327 e. The predicted molar refractivity (Wildman–Crippen MR) is 56.8 cm³/mol. The molecular weight excluding hydrogens is 204 g/mol. The second-order valence-electron chi connectivity index (χ2n) is 4.10. The highest BCUT2D eigenvalue weighted by molar-refractivity contribution is 4.98.